The molecule has 1 nitrogen and oxygen atoms in total. The van der Waals surface area contributed by atoms with Crippen LogP contribution in [-0.2, 0) is 6.42 Å². The predicted molar refractivity (Wildman–Crippen MR) is 90.4 cm³/mol. The first-order valence-corrected chi connectivity index (χ1v) is 7.63. The van der Waals surface area contributed by atoms with E-state index in [1.165, 1.54) is 31.4 Å². The molecule has 2 rings (SSSR count). The molecule has 0 bridgehead atoms. The molecule has 2 aromatic rings. The van der Waals surface area contributed by atoms with Crippen molar-refractivity contribution in [1.82, 2.24) is 0 Å². The quantitative estimate of drug-likeness (QED) is 0.799. The second-order valence-corrected chi connectivity index (χ2v) is 6.49. The van der Waals surface area contributed by atoms with Crippen molar-refractivity contribution < 1.29 is 0 Å². The Hall–Kier alpha value is -0.870. The number of hydrogen-bond donors (Lipinski definition) is 1. The third kappa shape index (κ3) is 3.57. The maximum atomic E-state index is 6.37. The summed E-state index contributed by atoms with van der Waals surface area (Å²) >= 11 is 2.33. The fraction of sp³-hybridized carbons (Fsp3) is 0.294. The second-order valence-electron chi connectivity index (χ2n) is 5.24. The maximum absolute atomic E-state index is 6.37. The molecule has 1 unspecified atom stereocenters. The summed E-state index contributed by atoms with van der Waals surface area (Å²) in [6.45, 7) is 6.50. The zero-order chi connectivity index (χ0) is 14.0. The Morgan fingerprint density at radius 1 is 1.05 bits per heavy atom. The molecular weight excluding hydrogens is 345 g/mol. The van der Waals surface area contributed by atoms with Gasteiger partial charge in [-0.1, -0.05) is 29.8 Å². The number of aryl methyl sites for hydroxylation is 3. The molecule has 0 aromatic heterocycles. The fourth-order valence-corrected chi connectivity index (χ4v) is 3.17. The molecule has 0 amide bonds. The summed E-state index contributed by atoms with van der Waals surface area (Å²) in [7, 11) is 0. The summed E-state index contributed by atoms with van der Waals surface area (Å²) in [6, 6.07) is 13.0. The average Bonchev–Trinajstić information content (AvgIpc) is 2.33. The molecular formula is C17H20IN. The standard InChI is InChI=1S/C17H20IN/c1-11-7-12(2)16(13(3)8-11)10-17(19)14-5-4-6-15(18)9-14/h4-9,17H,10,19H2,1-3H3. The number of nitrogens with two attached hydrogens (primary N) is 1. The van der Waals surface area contributed by atoms with Gasteiger partial charge in [0.1, 0.15) is 0 Å². The summed E-state index contributed by atoms with van der Waals surface area (Å²) in [5, 5.41) is 0. The van der Waals surface area contributed by atoms with Gasteiger partial charge in [-0.3, -0.25) is 0 Å². The van der Waals surface area contributed by atoms with Gasteiger partial charge in [0.05, 0.1) is 0 Å². The zero-order valence-electron chi connectivity index (χ0n) is 11.7. The lowest BCUT2D eigenvalue weighted by Crippen LogP contribution is -2.15. The maximum Gasteiger partial charge on any atom is 0.0336 e. The van der Waals surface area contributed by atoms with Crippen LogP contribution >= 0.6 is 22.6 Å². The highest BCUT2D eigenvalue weighted by atomic mass is 127. The molecule has 0 spiro atoms. The molecule has 0 radical (unpaired) electrons. The van der Waals surface area contributed by atoms with Crippen LogP contribution in [0.3, 0.4) is 0 Å². The predicted octanol–water partition coefficient (Wildman–Crippen LogP) is 4.46. The van der Waals surface area contributed by atoms with Gasteiger partial charge < -0.3 is 5.73 Å². The molecule has 2 N–H and O–H groups in total. The summed E-state index contributed by atoms with van der Waals surface area (Å²) in [6.07, 6.45) is 0.901. The molecule has 0 fully saturated rings. The number of hydrogen-bond acceptors (Lipinski definition) is 1. The smallest absolute Gasteiger partial charge is 0.0336 e. The first-order chi connectivity index (χ1) is 8.97. The molecule has 100 valence electrons. The van der Waals surface area contributed by atoms with Crippen molar-refractivity contribution in [2.24, 2.45) is 5.73 Å². The minimum atomic E-state index is 0.0647. The molecule has 0 saturated carbocycles. The van der Waals surface area contributed by atoms with Crippen LogP contribution in [-0.4, -0.2) is 0 Å². The van der Waals surface area contributed by atoms with E-state index in [0.29, 0.717) is 0 Å². The van der Waals surface area contributed by atoms with Gasteiger partial charge in [-0.2, -0.15) is 0 Å². The Balaban J connectivity index is 2.26. The second kappa shape index (κ2) is 6.06. The highest BCUT2D eigenvalue weighted by Gasteiger charge is 2.11. The molecule has 0 saturated heterocycles. The van der Waals surface area contributed by atoms with Crippen LogP contribution in [0.2, 0.25) is 0 Å². The van der Waals surface area contributed by atoms with Crippen molar-refractivity contribution in [3.63, 3.8) is 0 Å². The normalized spacial score (nSPS) is 12.5. The van der Waals surface area contributed by atoms with Crippen molar-refractivity contribution in [3.8, 4) is 0 Å². The van der Waals surface area contributed by atoms with E-state index < -0.39 is 0 Å². The van der Waals surface area contributed by atoms with Gasteiger partial charge in [-0.25, -0.2) is 0 Å². The Morgan fingerprint density at radius 2 is 1.68 bits per heavy atom. The van der Waals surface area contributed by atoms with Crippen molar-refractivity contribution in [3.05, 3.63) is 67.8 Å². The van der Waals surface area contributed by atoms with Crippen LogP contribution in [0.1, 0.15) is 33.9 Å². The Labute approximate surface area is 129 Å². The number of benzene rings is 2. The minimum Gasteiger partial charge on any atom is -0.324 e. The van der Waals surface area contributed by atoms with Crippen molar-refractivity contribution in [2.75, 3.05) is 0 Å². The van der Waals surface area contributed by atoms with Crippen LogP contribution in [0.25, 0.3) is 0 Å². The van der Waals surface area contributed by atoms with E-state index in [0.717, 1.165) is 6.42 Å². The van der Waals surface area contributed by atoms with E-state index in [1.54, 1.807) is 0 Å². The summed E-state index contributed by atoms with van der Waals surface area (Å²) in [5.74, 6) is 0. The Kier molecular flexibility index (Phi) is 4.63. The lowest BCUT2D eigenvalue weighted by atomic mass is 9.92. The Morgan fingerprint density at radius 3 is 2.26 bits per heavy atom. The van der Waals surface area contributed by atoms with Gasteiger partial charge in [0.25, 0.3) is 0 Å². The third-order valence-corrected chi connectivity index (χ3v) is 4.21. The van der Waals surface area contributed by atoms with E-state index in [-0.39, 0.29) is 6.04 Å². The monoisotopic (exact) mass is 365 g/mol. The SMILES string of the molecule is Cc1cc(C)c(CC(N)c2cccc(I)c2)c(C)c1. The fourth-order valence-electron chi connectivity index (χ4n) is 2.61. The highest BCUT2D eigenvalue weighted by molar-refractivity contribution is 14.1. The van der Waals surface area contributed by atoms with Crippen LogP contribution in [0, 0.1) is 24.3 Å². The number of rotatable bonds is 3. The summed E-state index contributed by atoms with van der Waals surface area (Å²) < 4.78 is 1.24. The number of halogens is 1. The minimum absolute atomic E-state index is 0.0647. The Bertz CT molecular complexity index is 567. The highest BCUT2D eigenvalue weighted by Crippen LogP contribution is 2.23. The van der Waals surface area contributed by atoms with E-state index in [2.05, 4.69) is 79.8 Å². The van der Waals surface area contributed by atoms with Crippen molar-refractivity contribution >= 4 is 22.6 Å². The molecule has 1 atom stereocenters. The van der Waals surface area contributed by atoms with Gasteiger partial charge in [-0.15, -0.1) is 0 Å². The molecule has 2 aromatic carbocycles. The van der Waals surface area contributed by atoms with Gasteiger partial charge in [0.2, 0.25) is 0 Å². The van der Waals surface area contributed by atoms with E-state index in [4.69, 9.17) is 5.73 Å². The summed E-state index contributed by atoms with van der Waals surface area (Å²) in [4.78, 5) is 0. The molecule has 0 aliphatic heterocycles. The van der Waals surface area contributed by atoms with Crippen LogP contribution in [0.5, 0.6) is 0 Å². The van der Waals surface area contributed by atoms with Crippen LogP contribution in [0.4, 0.5) is 0 Å². The third-order valence-electron chi connectivity index (χ3n) is 3.54. The first kappa shape index (κ1) is 14.5. The van der Waals surface area contributed by atoms with Crippen molar-refractivity contribution in [1.29, 1.82) is 0 Å². The largest absolute Gasteiger partial charge is 0.324 e. The lowest BCUT2D eigenvalue weighted by Gasteiger charge is -2.17. The van der Waals surface area contributed by atoms with Crippen LogP contribution in [0.15, 0.2) is 36.4 Å². The first-order valence-electron chi connectivity index (χ1n) is 6.55. The lowest BCUT2D eigenvalue weighted by molar-refractivity contribution is 0.715. The molecule has 19 heavy (non-hydrogen) atoms. The van der Waals surface area contributed by atoms with Crippen LogP contribution < -0.4 is 5.73 Å². The summed E-state index contributed by atoms with van der Waals surface area (Å²) in [5.41, 5.74) is 13.0. The van der Waals surface area contributed by atoms with E-state index >= 15 is 0 Å². The topological polar surface area (TPSA) is 26.0 Å². The molecule has 2 heteroatoms. The van der Waals surface area contributed by atoms with Crippen molar-refractivity contribution in [2.45, 2.75) is 33.2 Å². The molecule has 0 aliphatic carbocycles. The van der Waals surface area contributed by atoms with Gasteiger partial charge in [0, 0.05) is 9.61 Å². The molecule has 0 aliphatic rings. The van der Waals surface area contributed by atoms with Gasteiger partial charge in [0.15, 0.2) is 0 Å². The zero-order valence-corrected chi connectivity index (χ0v) is 13.9. The molecule has 0 heterocycles. The van der Waals surface area contributed by atoms with E-state index in [9.17, 15) is 0 Å². The van der Waals surface area contributed by atoms with E-state index in [1.807, 2.05) is 0 Å². The van der Waals surface area contributed by atoms with Gasteiger partial charge in [-0.05, 0) is 84.2 Å². The van der Waals surface area contributed by atoms with Gasteiger partial charge >= 0.3 is 0 Å². The average molecular weight is 365 g/mol.